The Labute approximate surface area is 124 Å². The van der Waals surface area contributed by atoms with Gasteiger partial charge in [-0.1, -0.05) is 18.2 Å². The van der Waals surface area contributed by atoms with Gasteiger partial charge in [0.25, 0.3) is 0 Å². The van der Waals surface area contributed by atoms with Crippen LogP contribution in [0.25, 0.3) is 10.9 Å². The third-order valence-electron chi connectivity index (χ3n) is 3.78. The molecule has 1 fully saturated rings. The van der Waals surface area contributed by atoms with Crippen molar-refractivity contribution in [2.75, 3.05) is 20.2 Å². The summed E-state index contributed by atoms with van der Waals surface area (Å²) < 4.78 is 5.60. The molecule has 0 bridgehead atoms. The molecule has 112 valence electrons. The monoisotopic (exact) mass is 286 g/mol. The number of fused-ring (bicyclic) bond motifs is 1. The highest BCUT2D eigenvalue weighted by Crippen LogP contribution is 2.14. The molecule has 2 aromatic rings. The first kappa shape index (κ1) is 13.9. The predicted octanol–water partition coefficient (Wildman–Crippen LogP) is 2.01. The number of nitrogens with one attached hydrogen (secondary N) is 3. The van der Waals surface area contributed by atoms with E-state index in [4.69, 9.17) is 4.74 Å². The van der Waals surface area contributed by atoms with Crippen molar-refractivity contribution >= 4 is 16.9 Å². The summed E-state index contributed by atoms with van der Waals surface area (Å²) in [7, 11) is 1.79. The zero-order valence-electron chi connectivity index (χ0n) is 12.4. The second-order valence-corrected chi connectivity index (χ2v) is 5.32. The van der Waals surface area contributed by atoms with Crippen molar-refractivity contribution in [1.29, 1.82) is 0 Å². The van der Waals surface area contributed by atoms with Gasteiger partial charge in [0, 0.05) is 31.4 Å². The largest absolute Gasteiger partial charge is 0.376 e. The number of ether oxygens (including phenoxy) is 1. The minimum absolute atomic E-state index is 0.316. The minimum atomic E-state index is 0.316. The number of nitrogens with zero attached hydrogens (tertiary/aromatic N) is 1. The fourth-order valence-electron chi connectivity index (χ4n) is 2.64. The average Bonchev–Trinajstić information content (AvgIpc) is 3.16. The van der Waals surface area contributed by atoms with Gasteiger partial charge in [0.1, 0.15) is 0 Å². The average molecular weight is 286 g/mol. The molecule has 0 aliphatic carbocycles. The summed E-state index contributed by atoms with van der Waals surface area (Å²) >= 11 is 0. The van der Waals surface area contributed by atoms with E-state index in [1.807, 2.05) is 6.07 Å². The zero-order chi connectivity index (χ0) is 14.5. The Kier molecular flexibility index (Phi) is 4.40. The van der Waals surface area contributed by atoms with Crippen molar-refractivity contribution in [2.45, 2.75) is 25.5 Å². The zero-order valence-corrected chi connectivity index (χ0v) is 12.4. The van der Waals surface area contributed by atoms with Gasteiger partial charge in [-0.2, -0.15) is 0 Å². The van der Waals surface area contributed by atoms with Crippen molar-refractivity contribution in [3.8, 4) is 0 Å². The maximum absolute atomic E-state index is 5.60. The molecule has 1 atom stereocenters. The van der Waals surface area contributed by atoms with Gasteiger partial charge in [-0.3, -0.25) is 4.99 Å². The lowest BCUT2D eigenvalue weighted by molar-refractivity contribution is 0.114. The lowest BCUT2D eigenvalue weighted by Gasteiger charge is -2.14. The molecular formula is C16H22N4O. The van der Waals surface area contributed by atoms with Crippen molar-refractivity contribution in [2.24, 2.45) is 4.99 Å². The van der Waals surface area contributed by atoms with E-state index in [0.29, 0.717) is 6.10 Å². The topological polar surface area (TPSA) is 61.4 Å². The van der Waals surface area contributed by atoms with Crippen LogP contribution < -0.4 is 10.6 Å². The van der Waals surface area contributed by atoms with E-state index in [1.165, 1.54) is 5.39 Å². The second-order valence-electron chi connectivity index (χ2n) is 5.32. The molecule has 0 spiro atoms. The molecule has 1 aliphatic rings. The number of guanidine groups is 1. The van der Waals surface area contributed by atoms with E-state index in [-0.39, 0.29) is 0 Å². The molecule has 5 nitrogen and oxygen atoms in total. The molecular weight excluding hydrogens is 264 g/mol. The maximum Gasteiger partial charge on any atom is 0.191 e. The molecule has 1 aromatic carbocycles. The van der Waals surface area contributed by atoms with Crippen molar-refractivity contribution < 1.29 is 4.74 Å². The van der Waals surface area contributed by atoms with E-state index in [1.54, 1.807) is 7.05 Å². The molecule has 0 amide bonds. The first-order valence-electron chi connectivity index (χ1n) is 7.48. The Hall–Kier alpha value is -2.01. The van der Waals surface area contributed by atoms with E-state index >= 15 is 0 Å². The van der Waals surface area contributed by atoms with Crippen LogP contribution in [0.5, 0.6) is 0 Å². The molecule has 5 heteroatoms. The van der Waals surface area contributed by atoms with Crippen LogP contribution in [-0.4, -0.2) is 37.2 Å². The van der Waals surface area contributed by atoms with Crippen LogP contribution in [0.1, 0.15) is 18.5 Å². The quantitative estimate of drug-likeness (QED) is 0.595. The Morgan fingerprint density at radius 2 is 2.29 bits per heavy atom. The normalized spacial score (nSPS) is 19.1. The number of benzene rings is 1. The maximum atomic E-state index is 5.60. The summed E-state index contributed by atoms with van der Waals surface area (Å²) in [5.41, 5.74) is 2.31. The van der Waals surface area contributed by atoms with Gasteiger partial charge in [-0.15, -0.1) is 0 Å². The van der Waals surface area contributed by atoms with Crippen LogP contribution in [-0.2, 0) is 11.3 Å². The van der Waals surface area contributed by atoms with Crippen LogP contribution in [0.4, 0.5) is 0 Å². The molecule has 1 aromatic heterocycles. The molecule has 2 heterocycles. The van der Waals surface area contributed by atoms with Gasteiger partial charge in [-0.25, -0.2) is 0 Å². The van der Waals surface area contributed by atoms with E-state index in [2.05, 4.69) is 44.9 Å². The highest BCUT2D eigenvalue weighted by Gasteiger charge is 2.15. The van der Waals surface area contributed by atoms with Crippen molar-refractivity contribution in [3.63, 3.8) is 0 Å². The first-order valence-corrected chi connectivity index (χ1v) is 7.48. The number of H-pyrrole nitrogens is 1. The summed E-state index contributed by atoms with van der Waals surface area (Å²) in [6.07, 6.45) is 2.61. The standard InChI is InChI=1S/C16H22N4O/c1-17-16(19-11-14-6-4-8-21-14)18-10-13-9-12-5-2-3-7-15(12)20-13/h2-3,5,7,9,14,20H,4,6,8,10-11H2,1H3,(H2,17,18,19). The second kappa shape index (κ2) is 6.63. The number of aromatic amines is 1. The SMILES string of the molecule is CN=C(NCc1cc2ccccc2[nH]1)NCC1CCCO1. The predicted molar refractivity (Wildman–Crippen MR) is 85.5 cm³/mol. The third kappa shape index (κ3) is 3.55. The summed E-state index contributed by atoms with van der Waals surface area (Å²) in [5.74, 6) is 0.809. The molecule has 1 unspecified atom stereocenters. The molecule has 1 aliphatic heterocycles. The van der Waals surface area contributed by atoms with Gasteiger partial charge in [-0.05, 0) is 30.4 Å². The molecule has 3 N–H and O–H groups in total. The smallest absolute Gasteiger partial charge is 0.191 e. The van der Waals surface area contributed by atoms with Gasteiger partial charge in [0.05, 0.1) is 12.6 Å². The van der Waals surface area contributed by atoms with Crippen LogP contribution in [0, 0.1) is 0 Å². The lowest BCUT2D eigenvalue weighted by atomic mass is 10.2. The Balaban J connectivity index is 1.52. The van der Waals surface area contributed by atoms with Gasteiger partial charge in [0.2, 0.25) is 0 Å². The Bertz CT molecular complexity index is 581. The number of hydrogen-bond donors (Lipinski definition) is 3. The van der Waals surface area contributed by atoms with Crippen molar-refractivity contribution in [1.82, 2.24) is 15.6 Å². The van der Waals surface area contributed by atoms with Crippen LogP contribution in [0.2, 0.25) is 0 Å². The van der Waals surface area contributed by atoms with E-state index < -0.39 is 0 Å². The minimum Gasteiger partial charge on any atom is -0.376 e. The number of para-hydroxylation sites is 1. The lowest BCUT2D eigenvalue weighted by Crippen LogP contribution is -2.40. The molecule has 0 radical (unpaired) electrons. The van der Waals surface area contributed by atoms with E-state index in [0.717, 1.165) is 49.7 Å². The fraction of sp³-hybridized carbons (Fsp3) is 0.438. The first-order chi connectivity index (χ1) is 10.3. The summed E-state index contributed by atoms with van der Waals surface area (Å²) in [6, 6.07) is 10.5. The number of hydrogen-bond acceptors (Lipinski definition) is 2. The highest BCUT2D eigenvalue weighted by atomic mass is 16.5. The van der Waals surface area contributed by atoms with E-state index in [9.17, 15) is 0 Å². The van der Waals surface area contributed by atoms with Crippen molar-refractivity contribution in [3.05, 3.63) is 36.0 Å². The molecule has 1 saturated heterocycles. The number of aliphatic imine (C=N–C) groups is 1. The number of rotatable bonds is 4. The highest BCUT2D eigenvalue weighted by molar-refractivity contribution is 5.81. The summed E-state index contributed by atoms with van der Waals surface area (Å²) in [6.45, 7) is 2.42. The fourth-order valence-corrected chi connectivity index (χ4v) is 2.64. The van der Waals surface area contributed by atoms with Crippen LogP contribution in [0.15, 0.2) is 35.3 Å². The van der Waals surface area contributed by atoms with Crippen LogP contribution in [0.3, 0.4) is 0 Å². The van der Waals surface area contributed by atoms with Crippen LogP contribution >= 0.6 is 0 Å². The number of aromatic nitrogens is 1. The molecule has 0 saturated carbocycles. The Morgan fingerprint density at radius 1 is 1.38 bits per heavy atom. The van der Waals surface area contributed by atoms with Gasteiger partial charge in [0.15, 0.2) is 5.96 Å². The molecule has 21 heavy (non-hydrogen) atoms. The van der Waals surface area contributed by atoms with Gasteiger partial charge >= 0.3 is 0 Å². The van der Waals surface area contributed by atoms with Gasteiger partial charge < -0.3 is 20.4 Å². The molecule has 3 rings (SSSR count). The Morgan fingerprint density at radius 3 is 3.05 bits per heavy atom. The third-order valence-corrected chi connectivity index (χ3v) is 3.78. The summed E-state index contributed by atoms with van der Waals surface area (Å²) in [5, 5.41) is 7.87. The summed E-state index contributed by atoms with van der Waals surface area (Å²) in [4.78, 5) is 7.65.